The average molecular weight is 303 g/mol. The van der Waals surface area contributed by atoms with Crippen molar-refractivity contribution >= 4 is 5.91 Å². The molecule has 0 aliphatic carbocycles. The Morgan fingerprint density at radius 3 is 2.45 bits per heavy atom. The minimum absolute atomic E-state index is 0.0159. The van der Waals surface area contributed by atoms with Crippen LogP contribution in [0.4, 0.5) is 0 Å². The topological polar surface area (TPSA) is 29.5 Å². The molecule has 0 N–H and O–H groups in total. The van der Waals surface area contributed by atoms with Crippen LogP contribution < -0.4 is 0 Å². The molecule has 1 fully saturated rings. The molecule has 1 heterocycles. The van der Waals surface area contributed by atoms with E-state index in [1.807, 2.05) is 4.90 Å². The number of hydrogen-bond acceptors (Lipinski definition) is 2. The van der Waals surface area contributed by atoms with Gasteiger partial charge in [0.05, 0.1) is 13.2 Å². The molecule has 1 amide bonds. The summed E-state index contributed by atoms with van der Waals surface area (Å²) in [7, 11) is 0. The molecule has 0 bridgehead atoms. The van der Waals surface area contributed by atoms with Crippen LogP contribution in [-0.2, 0) is 9.53 Å². The minimum Gasteiger partial charge on any atom is -0.370 e. The molecule has 0 radical (unpaired) electrons. The van der Waals surface area contributed by atoms with Gasteiger partial charge in [0.1, 0.15) is 6.10 Å². The monoisotopic (exact) mass is 303 g/mol. The second-order valence-electron chi connectivity index (χ2n) is 6.33. The summed E-state index contributed by atoms with van der Waals surface area (Å²) >= 11 is 0. The quantitative estimate of drug-likeness (QED) is 0.791. The average Bonchev–Trinajstić information content (AvgIpc) is 2.55. The lowest BCUT2D eigenvalue weighted by atomic mass is 9.96. The molecule has 1 aromatic rings. The van der Waals surface area contributed by atoms with E-state index < -0.39 is 0 Å². The third-order valence-corrected chi connectivity index (χ3v) is 4.45. The van der Waals surface area contributed by atoms with Gasteiger partial charge in [-0.1, -0.05) is 56.5 Å². The zero-order valence-corrected chi connectivity index (χ0v) is 14.2. The number of amides is 1. The lowest BCUT2D eigenvalue weighted by Crippen LogP contribution is -2.45. The molecule has 0 aromatic heterocycles. The smallest absolute Gasteiger partial charge is 0.225 e. The Hall–Kier alpha value is -1.35. The van der Waals surface area contributed by atoms with Crippen LogP contribution in [0.15, 0.2) is 24.3 Å². The van der Waals surface area contributed by atoms with Crippen LogP contribution in [0, 0.1) is 12.8 Å². The fourth-order valence-corrected chi connectivity index (χ4v) is 3.18. The van der Waals surface area contributed by atoms with Gasteiger partial charge in [-0.2, -0.15) is 0 Å². The van der Waals surface area contributed by atoms with E-state index in [1.54, 1.807) is 0 Å². The number of morpholine rings is 1. The Labute approximate surface area is 134 Å². The Bertz CT molecular complexity index is 463. The lowest BCUT2D eigenvalue weighted by molar-refractivity contribution is -0.143. The molecule has 1 aliphatic rings. The first-order valence-electron chi connectivity index (χ1n) is 8.62. The van der Waals surface area contributed by atoms with E-state index >= 15 is 0 Å². The fraction of sp³-hybridized carbons (Fsp3) is 0.632. The van der Waals surface area contributed by atoms with Crippen LogP contribution >= 0.6 is 0 Å². The van der Waals surface area contributed by atoms with Crippen LogP contribution in [0.25, 0.3) is 0 Å². The molecular weight excluding hydrogens is 274 g/mol. The van der Waals surface area contributed by atoms with Gasteiger partial charge in [0.25, 0.3) is 0 Å². The predicted octanol–water partition coefficient (Wildman–Crippen LogP) is 4.11. The van der Waals surface area contributed by atoms with Crippen molar-refractivity contribution < 1.29 is 9.53 Å². The largest absolute Gasteiger partial charge is 0.370 e. The van der Waals surface area contributed by atoms with Gasteiger partial charge in [0.15, 0.2) is 0 Å². The van der Waals surface area contributed by atoms with E-state index in [2.05, 4.69) is 45.0 Å². The van der Waals surface area contributed by atoms with Crippen molar-refractivity contribution in [3.8, 4) is 0 Å². The van der Waals surface area contributed by atoms with Gasteiger partial charge in [-0.15, -0.1) is 0 Å². The number of rotatable bonds is 6. The maximum atomic E-state index is 12.8. The third-order valence-electron chi connectivity index (χ3n) is 4.45. The van der Waals surface area contributed by atoms with Crippen LogP contribution in [0.3, 0.4) is 0 Å². The van der Waals surface area contributed by atoms with Crippen molar-refractivity contribution in [2.75, 3.05) is 19.7 Å². The summed E-state index contributed by atoms with van der Waals surface area (Å²) in [5.74, 6) is 0.510. The molecule has 0 saturated carbocycles. The second-order valence-corrected chi connectivity index (χ2v) is 6.33. The summed E-state index contributed by atoms with van der Waals surface area (Å²) in [6.07, 6.45) is 4.16. The van der Waals surface area contributed by atoms with Crippen molar-refractivity contribution in [3.63, 3.8) is 0 Å². The number of aryl methyl sites for hydroxylation is 1. The summed E-state index contributed by atoms with van der Waals surface area (Å²) in [4.78, 5) is 14.8. The van der Waals surface area contributed by atoms with E-state index in [-0.39, 0.29) is 12.0 Å². The van der Waals surface area contributed by atoms with Crippen molar-refractivity contribution in [2.45, 2.75) is 52.6 Å². The van der Waals surface area contributed by atoms with Gasteiger partial charge in [0, 0.05) is 12.5 Å². The van der Waals surface area contributed by atoms with E-state index in [0.29, 0.717) is 19.1 Å². The third kappa shape index (κ3) is 4.33. The number of hydrogen-bond donors (Lipinski definition) is 0. The molecule has 2 rings (SSSR count). The molecule has 1 aliphatic heterocycles. The summed E-state index contributed by atoms with van der Waals surface area (Å²) in [5.41, 5.74) is 2.42. The van der Waals surface area contributed by atoms with Crippen LogP contribution in [-0.4, -0.2) is 30.5 Å². The molecule has 122 valence electrons. The van der Waals surface area contributed by atoms with Crippen molar-refractivity contribution in [2.24, 2.45) is 5.92 Å². The van der Waals surface area contributed by atoms with E-state index in [9.17, 15) is 4.79 Å². The maximum Gasteiger partial charge on any atom is 0.225 e. The number of carbonyl (C=O) groups excluding carboxylic acids is 1. The van der Waals surface area contributed by atoms with Gasteiger partial charge in [-0.25, -0.2) is 0 Å². The van der Waals surface area contributed by atoms with Crippen molar-refractivity contribution in [1.82, 2.24) is 4.90 Å². The summed E-state index contributed by atoms with van der Waals surface area (Å²) in [6.45, 7) is 8.45. The first-order chi connectivity index (χ1) is 10.7. The van der Waals surface area contributed by atoms with E-state index in [1.165, 1.54) is 11.1 Å². The van der Waals surface area contributed by atoms with Gasteiger partial charge in [-0.05, 0) is 25.3 Å². The number of benzene rings is 1. The molecule has 3 nitrogen and oxygen atoms in total. The Morgan fingerprint density at radius 1 is 1.23 bits per heavy atom. The number of carbonyl (C=O) groups is 1. The molecule has 0 spiro atoms. The normalized spacial score (nSPS) is 18.7. The van der Waals surface area contributed by atoms with E-state index in [0.717, 1.165) is 32.2 Å². The number of ether oxygens (including phenoxy) is 1. The Morgan fingerprint density at radius 2 is 1.86 bits per heavy atom. The number of nitrogens with zero attached hydrogens (tertiary/aromatic N) is 1. The first kappa shape index (κ1) is 17.0. The summed E-state index contributed by atoms with van der Waals surface area (Å²) < 4.78 is 5.89. The molecule has 3 heteroatoms. The zero-order valence-electron chi connectivity index (χ0n) is 14.2. The molecular formula is C19H29NO2. The predicted molar refractivity (Wildman–Crippen MR) is 89.8 cm³/mol. The molecule has 1 aromatic carbocycles. The highest BCUT2D eigenvalue weighted by atomic mass is 16.5. The fourth-order valence-electron chi connectivity index (χ4n) is 3.18. The first-order valence-corrected chi connectivity index (χ1v) is 8.62. The highest BCUT2D eigenvalue weighted by Gasteiger charge is 2.29. The van der Waals surface area contributed by atoms with Gasteiger partial charge >= 0.3 is 0 Å². The maximum absolute atomic E-state index is 12.8. The highest BCUT2D eigenvalue weighted by molar-refractivity contribution is 5.79. The second kappa shape index (κ2) is 8.33. The Balaban J connectivity index is 2.02. The minimum atomic E-state index is 0.0159. The molecule has 1 unspecified atom stereocenters. The standard InChI is InChI=1S/C19H29NO2/c1-4-6-17(7-5-2)19(21)20-12-13-22-18(14-20)16-10-8-15(3)9-11-16/h8-11,17-18H,4-7,12-14H2,1-3H3. The Kier molecular flexibility index (Phi) is 6.44. The zero-order chi connectivity index (χ0) is 15.9. The van der Waals surface area contributed by atoms with Crippen LogP contribution in [0.1, 0.15) is 56.8 Å². The van der Waals surface area contributed by atoms with Crippen molar-refractivity contribution in [3.05, 3.63) is 35.4 Å². The molecule has 22 heavy (non-hydrogen) atoms. The summed E-state index contributed by atoms with van der Waals surface area (Å²) in [6, 6.07) is 8.44. The SMILES string of the molecule is CCCC(CCC)C(=O)N1CCOC(c2ccc(C)cc2)C1. The van der Waals surface area contributed by atoms with Gasteiger partial charge in [0.2, 0.25) is 5.91 Å². The molecule has 1 saturated heterocycles. The van der Waals surface area contributed by atoms with Crippen LogP contribution in [0.5, 0.6) is 0 Å². The highest BCUT2D eigenvalue weighted by Crippen LogP contribution is 2.25. The lowest BCUT2D eigenvalue weighted by Gasteiger charge is -2.35. The summed E-state index contributed by atoms with van der Waals surface area (Å²) in [5, 5.41) is 0. The van der Waals surface area contributed by atoms with E-state index in [4.69, 9.17) is 4.74 Å². The van der Waals surface area contributed by atoms with Gasteiger partial charge in [-0.3, -0.25) is 4.79 Å². The van der Waals surface area contributed by atoms with Crippen molar-refractivity contribution in [1.29, 1.82) is 0 Å². The van der Waals surface area contributed by atoms with Gasteiger partial charge < -0.3 is 9.64 Å². The van der Waals surface area contributed by atoms with Crippen LogP contribution in [0.2, 0.25) is 0 Å². The molecule has 1 atom stereocenters.